The van der Waals surface area contributed by atoms with Gasteiger partial charge in [-0.25, -0.2) is 8.42 Å². The van der Waals surface area contributed by atoms with Crippen molar-refractivity contribution in [3.05, 3.63) is 28.2 Å². The van der Waals surface area contributed by atoms with Crippen LogP contribution in [0.2, 0.25) is 10.0 Å². The van der Waals surface area contributed by atoms with Gasteiger partial charge in [-0.2, -0.15) is 9.57 Å². The highest BCUT2D eigenvalue weighted by molar-refractivity contribution is 7.89. The summed E-state index contributed by atoms with van der Waals surface area (Å²) >= 11 is 11.8. The average Bonchev–Trinajstić information content (AvgIpc) is 3.13. The van der Waals surface area contributed by atoms with Gasteiger partial charge in [-0.15, -0.1) is 0 Å². The fraction of sp³-hybridized carbons (Fsp3) is 0.529. The Balaban J connectivity index is 1.71. The van der Waals surface area contributed by atoms with Crippen molar-refractivity contribution in [3.8, 4) is 6.07 Å². The standard InChI is InChI=1S/C17H19Cl2N3O3S/c18-14-4-3-13(11-15(14)19)26(24,25)22-9-7-21(8-10-22)16(23)17(12-20)5-1-2-6-17/h3-4,11H,1-2,5-10H2. The molecule has 2 fully saturated rings. The maximum absolute atomic E-state index is 12.8. The smallest absolute Gasteiger partial charge is 0.243 e. The number of hydrogen-bond acceptors (Lipinski definition) is 4. The lowest BCUT2D eigenvalue weighted by atomic mass is 9.86. The van der Waals surface area contributed by atoms with Gasteiger partial charge in [-0.3, -0.25) is 4.79 Å². The minimum Gasteiger partial charge on any atom is -0.339 e. The molecule has 6 nitrogen and oxygen atoms in total. The maximum atomic E-state index is 12.8. The van der Waals surface area contributed by atoms with Crippen LogP contribution in [0.15, 0.2) is 23.1 Å². The van der Waals surface area contributed by atoms with E-state index in [0.717, 1.165) is 12.8 Å². The van der Waals surface area contributed by atoms with E-state index in [0.29, 0.717) is 17.9 Å². The Morgan fingerprint density at radius 3 is 2.23 bits per heavy atom. The number of nitrogens with zero attached hydrogens (tertiary/aromatic N) is 3. The molecule has 1 saturated heterocycles. The van der Waals surface area contributed by atoms with Crippen molar-refractivity contribution in [1.82, 2.24) is 9.21 Å². The Morgan fingerprint density at radius 1 is 1.08 bits per heavy atom. The normalized spacial score (nSPS) is 20.7. The van der Waals surface area contributed by atoms with Gasteiger partial charge < -0.3 is 4.90 Å². The second kappa shape index (κ2) is 7.35. The number of nitriles is 1. The van der Waals surface area contributed by atoms with Crippen LogP contribution < -0.4 is 0 Å². The van der Waals surface area contributed by atoms with E-state index in [9.17, 15) is 18.5 Å². The highest BCUT2D eigenvalue weighted by Crippen LogP contribution is 2.39. The molecule has 0 atom stereocenters. The summed E-state index contributed by atoms with van der Waals surface area (Å²) < 4.78 is 26.9. The molecule has 1 saturated carbocycles. The van der Waals surface area contributed by atoms with E-state index in [-0.39, 0.29) is 42.0 Å². The summed E-state index contributed by atoms with van der Waals surface area (Å²) in [6.07, 6.45) is 2.93. The van der Waals surface area contributed by atoms with Crippen molar-refractivity contribution < 1.29 is 13.2 Å². The zero-order valence-corrected chi connectivity index (χ0v) is 16.4. The summed E-state index contributed by atoms with van der Waals surface area (Å²) in [5.74, 6) is -0.163. The first-order valence-electron chi connectivity index (χ1n) is 8.46. The molecular weight excluding hydrogens is 397 g/mol. The molecule has 9 heteroatoms. The van der Waals surface area contributed by atoms with Crippen LogP contribution >= 0.6 is 23.2 Å². The summed E-state index contributed by atoms with van der Waals surface area (Å²) in [5.41, 5.74) is -0.926. The number of hydrogen-bond donors (Lipinski definition) is 0. The third kappa shape index (κ3) is 3.44. The predicted octanol–water partition coefficient (Wildman–Crippen LogP) is 2.91. The number of rotatable bonds is 3. The summed E-state index contributed by atoms with van der Waals surface area (Å²) in [7, 11) is -3.70. The third-order valence-corrected chi connectivity index (χ3v) is 7.77. The van der Waals surface area contributed by atoms with Gasteiger partial charge in [0.25, 0.3) is 0 Å². The monoisotopic (exact) mass is 415 g/mol. The molecule has 1 heterocycles. The van der Waals surface area contributed by atoms with E-state index in [2.05, 4.69) is 6.07 Å². The quantitative estimate of drug-likeness (QED) is 0.759. The Morgan fingerprint density at radius 2 is 1.69 bits per heavy atom. The Labute approximate surface area is 163 Å². The molecule has 0 N–H and O–H groups in total. The Hall–Kier alpha value is -1.33. The first kappa shape index (κ1) is 19.4. The topological polar surface area (TPSA) is 81.5 Å². The SMILES string of the molecule is N#CC1(C(=O)N2CCN(S(=O)(=O)c3ccc(Cl)c(Cl)c3)CC2)CCCC1. The van der Waals surface area contributed by atoms with E-state index < -0.39 is 15.4 Å². The van der Waals surface area contributed by atoms with Crippen LogP contribution in [-0.4, -0.2) is 49.7 Å². The van der Waals surface area contributed by atoms with Crippen molar-refractivity contribution in [3.63, 3.8) is 0 Å². The minimum absolute atomic E-state index is 0.0796. The fourth-order valence-corrected chi connectivity index (χ4v) is 5.38. The molecule has 0 unspecified atom stereocenters. The molecule has 0 radical (unpaired) electrons. The Kier molecular flexibility index (Phi) is 5.50. The zero-order valence-electron chi connectivity index (χ0n) is 14.1. The molecule has 1 aliphatic carbocycles. The van der Waals surface area contributed by atoms with Gasteiger partial charge in [-0.05, 0) is 31.0 Å². The van der Waals surface area contributed by atoms with Gasteiger partial charge in [-0.1, -0.05) is 36.0 Å². The van der Waals surface area contributed by atoms with Gasteiger partial charge in [0.2, 0.25) is 15.9 Å². The van der Waals surface area contributed by atoms with Gasteiger partial charge in [0.15, 0.2) is 0 Å². The lowest BCUT2D eigenvalue weighted by molar-refractivity contribution is -0.140. The molecule has 1 aromatic carbocycles. The van der Waals surface area contributed by atoms with Gasteiger partial charge >= 0.3 is 0 Å². The van der Waals surface area contributed by atoms with Crippen molar-refractivity contribution in [1.29, 1.82) is 5.26 Å². The number of benzene rings is 1. The molecular formula is C17H19Cl2N3O3S. The van der Waals surface area contributed by atoms with E-state index in [1.54, 1.807) is 4.90 Å². The number of piperazine rings is 1. The maximum Gasteiger partial charge on any atom is 0.243 e. The zero-order chi connectivity index (χ0) is 18.9. The van der Waals surface area contributed by atoms with Crippen LogP contribution in [0.25, 0.3) is 0 Å². The first-order valence-corrected chi connectivity index (χ1v) is 10.7. The molecule has 3 rings (SSSR count). The third-order valence-electron chi connectivity index (χ3n) is 5.14. The minimum atomic E-state index is -3.70. The molecule has 26 heavy (non-hydrogen) atoms. The fourth-order valence-electron chi connectivity index (χ4n) is 3.57. The van der Waals surface area contributed by atoms with Crippen LogP contribution in [0.5, 0.6) is 0 Å². The summed E-state index contributed by atoms with van der Waals surface area (Å²) in [6, 6.07) is 6.41. The van der Waals surface area contributed by atoms with Gasteiger partial charge in [0, 0.05) is 26.2 Å². The van der Waals surface area contributed by atoms with Crippen LogP contribution in [0, 0.1) is 16.7 Å². The van der Waals surface area contributed by atoms with Crippen molar-refractivity contribution in [2.24, 2.45) is 5.41 Å². The average molecular weight is 416 g/mol. The number of amides is 1. The number of carbonyl (C=O) groups is 1. The first-order chi connectivity index (χ1) is 12.3. The van der Waals surface area contributed by atoms with Gasteiger partial charge in [0.1, 0.15) is 5.41 Å². The number of sulfonamides is 1. The van der Waals surface area contributed by atoms with E-state index in [1.807, 2.05) is 0 Å². The summed E-state index contributed by atoms with van der Waals surface area (Å²) in [6.45, 7) is 0.942. The van der Waals surface area contributed by atoms with Crippen LogP contribution in [0.1, 0.15) is 25.7 Å². The molecule has 1 amide bonds. The lowest BCUT2D eigenvalue weighted by Gasteiger charge is -2.37. The molecule has 0 spiro atoms. The van der Waals surface area contributed by atoms with Crippen molar-refractivity contribution >= 4 is 39.1 Å². The summed E-state index contributed by atoms with van der Waals surface area (Å²) in [5, 5.41) is 9.94. The molecule has 0 aromatic heterocycles. The van der Waals surface area contributed by atoms with Crippen molar-refractivity contribution in [2.75, 3.05) is 26.2 Å². The second-order valence-electron chi connectivity index (χ2n) is 6.67. The number of halogens is 2. The predicted molar refractivity (Wildman–Crippen MR) is 98.3 cm³/mol. The van der Waals surface area contributed by atoms with E-state index in [4.69, 9.17) is 23.2 Å². The molecule has 1 aliphatic heterocycles. The van der Waals surface area contributed by atoms with Gasteiger partial charge in [0.05, 0.1) is 21.0 Å². The Bertz CT molecular complexity index is 852. The highest BCUT2D eigenvalue weighted by Gasteiger charge is 2.45. The van der Waals surface area contributed by atoms with Crippen LogP contribution in [0.3, 0.4) is 0 Å². The molecule has 0 bridgehead atoms. The number of carbonyl (C=O) groups excluding carboxylic acids is 1. The molecule has 140 valence electrons. The van der Waals surface area contributed by atoms with E-state index >= 15 is 0 Å². The lowest BCUT2D eigenvalue weighted by Crippen LogP contribution is -2.53. The molecule has 2 aliphatic rings. The van der Waals surface area contributed by atoms with Crippen LogP contribution in [0.4, 0.5) is 0 Å². The van der Waals surface area contributed by atoms with Crippen molar-refractivity contribution in [2.45, 2.75) is 30.6 Å². The largest absolute Gasteiger partial charge is 0.339 e. The summed E-state index contributed by atoms with van der Waals surface area (Å²) in [4.78, 5) is 14.5. The van der Waals surface area contributed by atoms with Crippen LogP contribution in [-0.2, 0) is 14.8 Å². The second-order valence-corrected chi connectivity index (χ2v) is 9.43. The molecule has 1 aromatic rings. The van der Waals surface area contributed by atoms with E-state index in [1.165, 1.54) is 22.5 Å². The highest BCUT2D eigenvalue weighted by atomic mass is 35.5.